The molecule has 1 aliphatic rings. The second-order valence-electron chi connectivity index (χ2n) is 5.57. The van der Waals surface area contributed by atoms with Gasteiger partial charge >= 0.3 is 0 Å². The van der Waals surface area contributed by atoms with Crippen molar-refractivity contribution in [1.82, 2.24) is 15.5 Å². The topological polar surface area (TPSA) is 27.3 Å². The molecular weight excluding hydrogens is 230 g/mol. The van der Waals surface area contributed by atoms with Gasteiger partial charge in [0.05, 0.1) is 0 Å². The van der Waals surface area contributed by atoms with Crippen LogP contribution in [0.25, 0.3) is 0 Å². The van der Waals surface area contributed by atoms with Gasteiger partial charge in [0.2, 0.25) is 0 Å². The average molecular weight is 257 g/mol. The fourth-order valence-electron chi connectivity index (χ4n) is 2.10. The van der Waals surface area contributed by atoms with E-state index < -0.39 is 0 Å². The molecule has 0 aromatic heterocycles. The number of thiocarbonyl (C=S) groups is 1. The van der Waals surface area contributed by atoms with Crippen LogP contribution in [0.15, 0.2) is 0 Å². The Kier molecular flexibility index (Phi) is 6.82. The molecule has 0 unspecified atom stereocenters. The van der Waals surface area contributed by atoms with Crippen molar-refractivity contribution < 1.29 is 0 Å². The molecule has 0 atom stereocenters. The van der Waals surface area contributed by atoms with E-state index >= 15 is 0 Å². The standard InChI is InChI=1S/C13H27N3S/c1-11(2)10-15-13(17)14-7-4-12-5-8-16(3)9-6-12/h11-12H,4-10H2,1-3H3,(H2,14,15,17). The Balaban J connectivity index is 2.01. The van der Waals surface area contributed by atoms with Crippen LogP contribution in [-0.4, -0.2) is 43.2 Å². The monoisotopic (exact) mass is 257 g/mol. The quantitative estimate of drug-likeness (QED) is 0.735. The van der Waals surface area contributed by atoms with E-state index in [4.69, 9.17) is 12.2 Å². The maximum absolute atomic E-state index is 5.23. The highest BCUT2D eigenvalue weighted by molar-refractivity contribution is 7.80. The van der Waals surface area contributed by atoms with E-state index in [1.807, 2.05) is 0 Å². The van der Waals surface area contributed by atoms with Gasteiger partial charge in [0.15, 0.2) is 5.11 Å². The molecule has 1 aliphatic heterocycles. The minimum absolute atomic E-state index is 0.642. The molecule has 1 fully saturated rings. The van der Waals surface area contributed by atoms with Gasteiger partial charge < -0.3 is 15.5 Å². The molecule has 0 radical (unpaired) electrons. The van der Waals surface area contributed by atoms with Gasteiger partial charge in [-0.1, -0.05) is 13.8 Å². The number of rotatable bonds is 5. The lowest BCUT2D eigenvalue weighted by atomic mass is 9.94. The van der Waals surface area contributed by atoms with Gasteiger partial charge in [-0.05, 0) is 63.5 Å². The normalized spacial score (nSPS) is 18.4. The Bertz CT molecular complexity index is 223. The van der Waals surface area contributed by atoms with Crippen molar-refractivity contribution in [2.75, 3.05) is 33.2 Å². The third kappa shape index (κ3) is 6.84. The van der Waals surface area contributed by atoms with Crippen LogP contribution < -0.4 is 10.6 Å². The van der Waals surface area contributed by atoms with E-state index in [9.17, 15) is 0 Å². The number of nitrogens with zero attached hydrogens (tertiary/aromatic N) is 1. The van der Waals surface area contributed by atoms with Crippen molar-refractivity contribution in [2.24, 2.45) is 11.8 Å². The van der Waals surface area contributed by atoms with Crippen molar-refractivity contribution in [3.8, 4) is 0 Å². The smallest absolute Gasteiger partial charge is 0.166 e. The molecule has 1 saturated heterocycles. The number of hydrogen-bond donors (Lipinski definition) is 2. The summed E-state index contributed by atoms with van der Waals surface area (Å²) in [6.07, 6.45) is 3.92. The number of piperidine rings is 1. The first-order chi connectivity index (χ1) is 8.08. The summed E-state index contributed by atoms with van der Waals surface area (Å²) in [7, 11) is 2.21. The molecule has 100 valence electrons. The van der Waals surface area contributed by atoms with Crippen molar-refractivity contribution in [2.45, 2.75) is 33.1 Å². The lowest BCUT2D eigenvalue weighted by Gasteiger charge is -2.29. The van der Waals surface area contributed by atoms with Crippen LogP contribution in [0.5, 0.6) is 0 Å². The summed E-state index contributed by atoms with van der Waals surface area (Å²) in [5.74, 6) is 1.52. The Morgan fingerprint density at radius 1 is 1.29 bits per heavy atom. The number of hydrogen-bond acceptors (Lipinski definition) is 2. The maximum atomic E-state index is 5.23. The molecule has 0 aliphatic carbocycles. The zero-order valence-electron chi connectivity index (χ0n) is 11.5. The minimum Gasteiger partial charge on any atom is -0.363 e. The van der Waals surface area contributed by atoms with Gasteiger partial charge in [0, 0.05) is 13.1 Å². The lowest BCUT2D eigenvalue weighted by molar-refractivity contribution is 0.213. The summed E-state index contributed by atoms with van der Waals surface area (Å²) in [6, 6.07) is 0. The van der Waals surface area contributed by atoms with E-state index in [1.165, 1.54) is 32.4 Å². The third-order valence-electron chi connectivity index (χ3n) is 3.35. The molecule has 1 rings (SSSR count). The van der Waals surface area contributed by atoms with Crippen LogP contribution in [-0.2, 0) is 0 Å². The SMILES string of the molecule is CC(C)CNC(=S)NCCC1CCN(C)CC1. The van der Waals surface area contributed by atoms with Gasteiger partial charge in [0.25, 0.3) is 0 Å². The Labute approximate surface area is 111 Å². The summed E-state index contributed by atoms with van der Waals surface area (Å²) >= 11 is 5.23. The highest BCUT2D eigenvalue weighted by atomic mass is 32.1. The summed E-state index contributed by atoms with van der Waals surface area (Å²) in [6.45, 7) is 8.85. The van der Waals surface area contributed by atoms with Gasteiger partial charge in [-0.3, -0.25) is 0 Å². The van der Waals surface area contributed by atoms with Crippen LogP contribution in [0.3, 0.4) is 0 Å². The molecule has 17 heavy (non-hydrogen) atoms. The van der Waals surface area contributed by atoms with Crippen LogP contribution in [0.4, 0.5) is 0 Å². The fraction of sp³-hybridized carbons (Fsp3) is 0.923. The van der Waals surface area contributed by atoms with E-state index in [-0.39, 0.29) is 0 Å². The summed E-state index contributed by atoms with van der Waals surface area (Å²) in [5, 5.41) is 7.35. The summed E-state index contributed by atoms with van der Waals surface area (Å²) in [5.41, 5.74) is 0. The first-order valence-electron chi connectivity index (χ1n) is 6.78. The molecule has 0 saturated carbocycles. The predicted octanol–water partition coefficient (Wildman–Crippen LogP) is 1.84. The van der Waals surface area contributed by atoms with E-state index in [0.717, 1.165) is 24.1 Å². The Morgan fingerprint density at radius 2 is 1.94 bits per heavy atom. The number of likely N-dealkylation sites (tertiary alicyclic amines) is 1. The molecule has 1 heterocycles. The second-order valence-corrected chi connectivity index (χ2v) is 5.97. The Hall–Kier alpha value is -0.350. The first kappa shape index (κ1) is 14.7. The number of nitrogens with one attached hydrogen (secondary N) is 2. The van der Waals surface area contributed by atoms with E-state index in [0.29, 0.717) is 5.92 Å². The zero-order valence-corrected chi connectivity index (χ0v) is 12.3. The van der Waals surface area contributed by atoms with Crippen molar-refractivity contribution in [1.29, 1.82) is 0 Å². The zero-order chi connectivity index (χ0) is 12.7. The third-order valence-corrected chi connectivity index (χ3v) is 3.64. The van der Waals surface area contributed by atoms with Gasteiger partial charge in [-0.2, -0.15) is 0 Å². The molecule has 0 aromatic carbocycles. The molecule has 3 nitrogen and oxygen atoms in total. The molecule has 0 aromatic rings. The Morgan fingerprint density at radius 3 is 2.53 bits per heavy atom. The van der Waals surface area contributed by atoms with Crippen LogP contribution in [0.1, 0.15) is 33.1 Å². The highest BCUT2D eigenvalue weighted by Gasteiger charge is 2.15. The maximum Gasteiger partial charge on any atom is 0.166 e. The van der Waals surface area contributed by atoms with Crippen LogP contribution in [0, 0.1) is 11.8 Å². The highest BCUT2D eigenvalue weighted by Crippen LogP contribution is 2.18. The van der Waals surface area contributed by atoms with Gasteiger partial charge in [-0.15, -0.1) is 0 Å². The van der Waals surface area contributed by atoms with Crippen molar-refractivity contribution in [3.05, 3.63) is 0 Å². The first-order valence-corrected chi connectivity index (χ1v) is 7.19. The molecule has 0 amide bonds. The molecule has 4 heteroatoms. The second kappa shape index (κ2) is 7.88. The predicted molar refractivity (Wildman–Crippen MR) is 78.3 cm³/mol. The van der Waals surface area contributed by atoms with Crippen molar-refractivity contribution in [3.63, 3.8) is 0 Å². The van der Waals surface area contributed by atoms with Crippen LogP contribution in [0.2, 0.25) is 0 Å². The summed E-state index contributed by atoms with van der Waals surface area (Å²) < 4.78 is 0. The largest absolute Gasteiger partial charge is 0.363 e. The van der Waals surface area contributed by atoms with E-state index in [2.05, 4.69) is 36.4 Å². The van der Waals surface area contributed by atoms with Gasteiger partial charge in [0.1, 0.15) is 0 Å². The molecule has 0 bridgehead atoms. The summed E-state index contributed by atoms with van der Waals surface area (Å²) in [4.78, 5) is 2.42. The lowest BCUT2D eigenvalue weighted by Crippen LogP contribution is -2.38. The van der Waals surface area contributed by atoms with Crippen molar-refractivity contribution >= 4 is 17.3 Å². The average Bonchev–Trinajstić information content (AvgIpc) is 2.29. The molecule has 0 spiro atoms. The fourth-order valence-corrected chi connectivity index (χ4v) is 2.29. The minimum atomic E-state index is 0.642. The van der Waals surface area contributed by atoms with E-state index in [1.54, 1.807) is 0 Å². The van der Waals surface area contributed by atoms with Gasteiger partial charge in [-0.25, -0.2) is 0 Å². The van der Waals surface area contributed by atoms with Crippen LogP contribution >= 0.6 is 12.2 Å². The molecular formula is C13H27N3S. The molecule has 2 N–H and O–H groups in total.